The second kappa shape index (κ2) is 7.46. The maximum atomic E-state index is 5.58. The summed E-state index contributed by atoms with van der Waals surface area (Å²) in [5, 5.41) is 0. The molecule has 96 valence electrons. The van der Waals surface area contributed by atoms with E-state index in [0.29, 0.717) is 0 Å². The first-order chi connectivity index (χ1) is 8.17. The molecule has 0 unspecified atom stereocenters. The molecule has 0 aliphatic heterocycles. The maximum absolute atomic E-state index is 5.58. The highest BCUT2D eigenvalue weighted by molar-refractivity contribution is 5.29. The Labute approximate surface area is 106 Å². The van der Waals surface area contributed by atoms with Crippen LogP contribution in [0, 0.1) is 13.8 Å². The minimum atomic E-state index is 0.785. The van der Waals surface area contributed by atoms with Crippen LogP contribution in [0.5, 0.6) is 0 Å². The van der Waals surface area contributed by atoms with Gasteiger partial charge in [0.25, 0.3) is 0 Å². The summed E-state index contributed by atoms with van der Waals surface area (Å²) in [5.41, 5.74) is 9.76. The highest BCUT2D eigenvalue weighted by Gasteiger charge is 2.05. The van der Waals surface area contributed by atoms with E-state index in [1.807, 2.05) is 0 Å². The molecule has 17 heavy (non-hydrogen) atoms. The smallest absolute Gasteiger partial charge is 0.0233 e. The number of nitrogens with zero attached hydrogens (tertiary/aromatic N) is 1. The fraction of sp³-hybridized carbons (Fsp3) is 0.600. The summed E-state index contributed by atoms with van der Waals surface area (Å²) in [7, 11) is 0. The van der Waals surface area contributed by atoms with Gasteiger partial charge in [-0.3, -0.25) is 4.90 Å². The first-order valence-corrected chi connectivity index (χ1v) is 6.66. The van der Waals surface area contributed by atoms with E-state index >= 15 is 0 Å². The van der Waals surface area contributed by atoms with Crippen LogP contribution in [0.2, 0.25) is 0 Å². The average molecular weight is 234 g/mol. The molecule has 0 amide bonds. The standard InChI is InChI=1S/C15H26N2/c1-4-9-17(10-5-8-16)12-15-7-6-13(2)14(3)11-15/h6-7,11H,4-5,8-10,12,16H2,1-3H3. The van der Waals surface area contributed by atoms with E-state index < -0.39 is 0 Å². The molecule has 0 aliphatic rings. The lowest BCUT2D eigenvalue weighted by molar-refractivity contribution is 0.264. The molecule has 0 spiro atoms. The fourth-order valence-corrected chi connectivity index (χ4v) is 2.06. The highest BCUT2D eigenvalue weighted by Crippen LogP contribution is 2.12. The summed E-state index contributed by atoms with van der Waals surface area (Å²) in [5.74, 6) is 0. The summed E-state index contributed by atoms with van der Waals surface area (Å²) < 4.78 is 0. The van der Waals surface area contributed by atoms with Crippen molar-refractivity contribution in [2.45, 2.75) is 40.2 Å². The predicted molar refractivity (Wildman–Crippen MR) is 75.2 cm³/mol. The molecule has 0 bridgehead atoms. The Kier molecular flexibility index (Phi) is 6.23. The van der Waals surface area contributed by atoms with Gasteiger partial charge in [-0.1, -0.05) is 25.1 Å². The zero-order valence-corrected chi connectivity index (χ0v) is 11.5. The van der Waals surface area contributed by atoms with E-state index in [0.717, 1.165) is 32.6 Å². The number of hydrogen-bond acceptors (Lipinski definition) is 2. The molecule has 2 heteroatoms. The third-order valence-corrected chi connectivity index (χ3v) is 3.20. The topological polar surface area (TPSA) is 29.3 Å². The molecular weight excluding hydrogens is 208 g/mol. The van der Waals surface area contributed by atoms with Gasteiger partial charge >= 0.3 is 0 Å². The van der Waals surface area contributed by atoms with Gasteiger partial charge in [-0.05, 0) is 63.0 Å². The van der Waals surface area contributed by atoms with Gasteiger partial charge in [0.1, 0.15) is 0 Å². The number of benzene rings is 1. The average Bonchev–Trinajstić information content (AvgIpc) is 2.31. The van der Waals surface area contributed by atoms with Crippen molar-refractivity contribution in [3.8, 4) is 0 Å². The molecule has 0 fully saturated rings. The Morgan fingerprint density at radius 1 is 1.12 bits per heavy atom. The van der Waals surface area contributed by atoms with Crippen LogP contribution in [-0.4, -0.2) is 24.5 Å². The van der Waals surface area contributed by atoms with Gasteiger partial charge in [-0.25, -0.2) is 0 Å². The summed E-state index contributed by atoms with van der Waals surface area (Å²) in [6.07, 6.45) is 2.29. The minimum absolute atomic E-state index is 0.785. The van der Waals surface area contributed by atoms with Crippen LogP contribution in [0.15, 0.2) is 18.2 Å². The van der Waals surface area contributed by atoms with Gasteiger partial charge in [0.05, 0.1) is 0 Å². The normalized spacial score (nSPS) is 11.1. The van der Waals surface area contributed by atoms with Crippen molar-refractivity contribution in [2.24, 2.45) is 5.73 Å². The number of rotatable bonds is 7. The van der Waals surface area contributed by atoms with Gasteiger partial charge in [-0.2, -0.15) is 0 Å². The number of hydrogen-bond donors (Lipinski definition) is 1. The van der Waals surface area contributed by atoms with E-state index in [-0.39, 0.29) is 0 Å². The third-order valence-electron chi connectivity index (χ3n) is 3.20. The van der Waals surface area contributed by atoms with Gasteiger partial charge in [-0.15, -0.1) is 0 Å². The van der Waals surface area contributed by atoms with Crippen LogP contribution < -0.4 is 5.73 Å². The number of nitrogens with two attached hydrogens (primary N) is 1. The molecule has 0 aliphatic carbocycles. The van der Waals surface area contributed by atoms with Crippen molar-refractivity contribution in [1.29, 1.82) is 0 Å². The van der Waals surface area contributed by atoms with Crippen LogP contribution in [-0.2, 0) is 6.54 Å². The third kappa shape index (κ3) is 4.88. The lowest BCUT2D eigenvalue weighted by Crippen LogP contribution is -2.26. The zero-order chi connectivity index (χ0) is 12.7. The Morgan fingerprint density at radius 2 is 1.88 bits per heavy atom. The molecule has 0 saturated carbocycles. The summed E-state index contributed by atoms with van der Waals surface area (Å²) in [6, 6.07) is 6.77. The monoisotopic (exact) mass is 234 g/mol. The molecule has 0 saturated heterocycles. The molecule has 0 aromatic heterocycles. The zero-order valence-electron chi connectivity index (χ0n) is 11.5. The quantitative estimate of drug-likeness (QED) is 0.786. The second-order valence-electron chi connectivity index (χ2n) is 4.84. The van der Waals surface area contributed by atoms with Gasteiger partial charge in [0.2, 0.25) is 0 Å². The Hall–Kier alpha value is -0.860. The summed E-state index contributed by atoms with van der Waals surface area (Å²) in [4.78, 5) is 2.50. The molecule has 0 heterocycles. The van der Waals surface area contributed by atoms with Gasteiger partial charge in [0.15, 0.2) is 0 Å². The lowest BCUT2D eigenvalue weighted by Gasteiger charge is -2.21. The molecule has 2 nitrogen and oxygen atoms in total. The van der Waals surface area contributed by atoms with Crippen molar-refractivity contribution in [3.05, 3.63) is 34.9 Å². The minimum Gasteiger partial charge on any atom is -0.330 e. The Bertz CT molecular complexity index is 334. The van der Waals surface area contributed by atoms with E-state index in [9.17, 15) is 0 Å². The van der Waals surface area contributed by atoms with Crippen LogP contribution >= 0.6 is 0 Å². The van der Waals surface area contributed by atoms with Crippen LogP contribution in [0.3, 0.4) is 0 Å². The van der Waals surface area contributed by atoms with E-state index in [1.165, 1.54) is 23.1 Å². The first kappa shape index (κ1) is 14.2. The van der Waals surface area contributed by atoms with Crippen LogP contribution in [0.25, 0.3) is 0 Å². The van der Waals surface area contributed by atoms with Crippen molar-refractivity contribution in [2.75, 3.05) is 19.6 Å². The summed E-state index contributed by atoms with van der Waals surface area (Å²) in [6.45, 7) is 10.7. The van der Waals surface area contributed by atoms with E-state index in [1.54, 1.807) is 0 Å². The molecule has 1 rings (SSSR count). The number of aryl methyl sites for hydroxylation is 2. The van der Waals surface area contributed by atoms with Crippen LogP contribution in [0.4, 0.5) is 0 Å². The van der Waals surface area contributed by atoms with Crippen molar-refractivity contribution in [1.82, 2.24) is 4.90 Å². The van der Waals surface area contributed by atoms with Crippen molar-refractivity contribution >= 4 is 0 Å². The van der Waals surface area contributed by atoms with Crippen molar-refractivity contribution in [3.63, 3.8) is 0 Å². The molecule has 0 atom stereocenters. The molecular formula is C15H26N2. The molecule has 1 aromatic carbocycles. The molecule has 2 N–H and O–H groups in total. The largest absolute Gasteiger partial charge is 0.330 e. The first-order valence-electron chi connectivity index (χ1n) is 6.66. The van der Waals surface area contributed by atoms with E-state index in [4.69, 9.17) is 5.73 Å². The SMILES string of the molecule is CCCN(CCCN)Cc1ccc(C)c(C)c1. The fourth-order valence-electron chi connectivity index (χ4n) is 2.06. The van der Waals surface area contributed by atoms with Crippen molar-refractivity contribution < 1.29 is 0 Å². The molecule has 0 radical (unpaired) electrons. The molecule has 1 aromatic rings. The van der Waals surface area contributed by atoms with Gasteiger partial charge < -0.3 is 5.73 Å². The maximum Gasteiger partial charge on any atom is 0.0233 e. The Balaban J connectivity index is 2.61. The van der Waals surface area contributed by atoms with E-state index in [2.05, 4.69) is 43.9 Å². The highest BCUT2D eigenvalue weighted by atomic mass is 15.1. The van der Waals surface area contributed by atoms with Gasteiger partial charge in [0, 0.05) is 6.54 Å². The predicted octanol–water partition coefficient (Wildman–Crippen LogP) is 2.86. The summed E-state index contributed by atoms with van der Waals surface area (Å²) >= 11 is 0. The van der Waals surface area contributed by atoms with Crippen LogP contribution in [0.1, 0.15) is 36.5 Å². The lowest BCUT2D eigenvalue weighted by atomic mass is 10.1. The second-order valence-corrected chi connectivity index (χ2v) is 4.84. The Morgan fingerprint density at radius 3 is 2.47 bits per heavy atom.